The molecule has 0 radical (unpaired) electrons. The van der Waals surface area contributed by atoms with Crippen LogP contribution in [-0.4, -0.2) is 129 Å². The number of halogens is 2. The summed E-state index contributed by atoms with van der Waals surface area (Å²) in [6, 6.07) is 9.24. The number of rotatable bonds is 18. The molecular formula is C52H69ClFN11O6S2. The van der Waals surface area contributed by atoms with E-state index in [1.807, 2.05) is 37.3 Å². The second-order valence-corrected chi connectivity index (χ2v) is 23.7. The molecule has 1 aliphatic carbocycles. The molecule has 73 heavy (non-hydrogen) atoms. The normalized spacial score (nSPS) is 20.3. The highest BCUT2D eigenvalue weighted by Crippen LogP contribution is 2.41. The second kappa shape index (κ2) is 22.8. The third kappa shape index (κ3) is 13.6. The number of carbonyl (C=O) groups is 4. The molecule has 5 heterocycles. The molecule has 8 rings (SSSR count). The first-order valence-corrected chi connectivity index (χ1v) is 27.3. The van der Waals surface area contributed by atoms with E-state index < -0.39 is 47.0 Å². The van der Waals surface area contributed by atoms with Gasteiger partial charge in [0.25, 0.3) is 5.91 Å². The van der Waals surface area contributed by atoms with Gasteiger partial charge in [-0.25, -0.2) is 19.3 Å². The third-order valence-corrected chi connectivity index (χ3v) is 16.9. The number of aromatic nitrogens is 3. The van der Waals surface area contributed by atoms with E-state index in [-0.39, 0.29) is 49.7 Å². The average Bonchev–Trinajstić information content (AvgIpc) is 3.75. The minimum atomic E-state index is -1.98. The fourth-order valence-corrected chi connectivity index (χ4v) is 11.5. The fourth-order valence-electron chi connectivity index (χ4n) is 9.57. The highest BCUT2D eigenvalue weighted by atomic mass is 35.5. The smallest absolute Gasteiger partial charge is 0.258 e. The van der Waals surface area contributed by atoms with Crippen molar-refractivity contribution in [2.45, 2.75) is 138 Å². The van der Waals surface area contributed by atoms with Crippen molar-refractivity contribution in [1.82, 2.24) is 35.4 Å². The Labute approximate surface area is 440 Å². The van der Waals surface area contributed by atoms with Gasteiger partial charge in [-0.15, -0.1) is 11.3 Å². The van der Waals surface area contributed by atoms with Crippen LogP contribution in [0.5, 0.6) is 5.75 Å². The first-order chi connectivity index (χ1) is 34.7. The number of thiazole rings is 1. The highest BCUT2D eigenvalue weighted by Gasteiger charge is 2.53. The number of hydrogen-bond donors (Lipinski definition) is 6. The Balaban J connectivity index is 0.808. The van der Waals surface area contributed by atoms with E-state index in [1.165, 1.54) is 28.0 Å². The number of nitrogen functional groups attached to an aromatic ring is 1. The molecule has 2 aromatic heterocycles. The molecule has 4 aromatic rings. The van der Waals surface area contributed by atoms with Crippen LogP contribution in [0.3, 0.4) is 0 Å². The maximum Gasteiger partial charge on any atom is 0.258 e. The number of likely N-dealkylation sites (tertiary alicyclic amines) is 2. The van der Waals surface area contributed by atoms with Crippen molar-refractivity contribution in [3.8, 4) is 16.2 Å². The minimum absolute atomic E-state index is 0.0230. The predicted octanol–water partition coefficient (Wildman–Crippen LogP) is 6.73. The summed E-state index contributed by atoms with van der Waals surface area (Å²) in [4.78, 5) is 75.1. The standard InChI is InChI=1S/C52H69ClFN11O6S2/c1-31-43(72-30-59-31)33-10-11-34(27-57-46(68)37-26-35(66)29-65(37)48(69)44(50(2,3)4)62-49(70)52(54)14-15-52)38(25-33)71-23-7-18-63-19-12-32(13-20-63)24-41(67)60-36-8-6-9-39(42(36)53)73-47-45(55)61-40(28-58-47)64-21-16-51(5,56)17-22-64/h6,8-11,25,28,30,32,35,37,44,66H,7,12-24,26-27,29,56H2,1-5H3,(H2,55,61)(H,57,68)(H,60,67)(H,62,70)/t35-,37+,44-/m1/s1. The molecule has 4 amide bonds. The van der Waals surface area contributed by atoms with Crippen LogP contribution >= 0.6 is 34.7 Å². The Morgan fingerprint density at radius 2 is 1.81 bits per heavy atom. The lowest BCUT2D eigenvalue weighted by Gasteiger charge is -2.37. The van der Waals surface area contributed by atoms with Crippen molar-refractivity contribution in [1.29, 1.82) is 0 Å². The van der Waals surface area contributed by atoms with Crippen molar-refractivity contribution in [3.63, 3.8) is 0 Å². The van der Waals surface area contributed by atoms with Crippen LogP contribution in [0.4, 0.5) is 21.7 Å². The van der Waals surface area contributed by atoms with Gasteiger partial charge in [0, 0.05) is 61.6 Å². The number of anilines is 3. The number of hydrogen-bond acceptors (Lipinski definition) is 15. The number of aliphatic hydroxyl groups excluding tert-OH is 1. The van der Waals surface area contributed by atoms with Crippen LogP contribution in [0.1, 0.15) is 96.7 Å². The van der Waals surface area contributed by atoms with Crippen LogP contribution in [-0.2, 0) is 25.7 Å². The van der Waals surface area contributed by atoms with Gasteiger partial charge in [0.15, 0.2) is 11.5 Å². The molecule has 4 fully saturated rings. The van der Waals surface area contributed by atoms with Crippen molar-refractivity contribution in [2.24, 2.45) is 17.1 Å². The summed E-state index contributed by atoms with van der Waals surface area (Å²) in [6.07, 6.45) is 5.60. The molecule has 394 valence electrons. The number of aryl methyl sites for hydroxylation is 1. The van der Waals surface area contributed by atoms with Gasteiger partial charge in [-0.05, 0) is 107 Å². The maximum atomic E-state index is 14.7. The van der Waals surface area contributed by atoms with E-state index in [9.17, 15) is 28.7 Å². The third-order valence-electron chi connectivity index (χ3n) is 14.4. The van der Waals surface area contributed by atoms with E-state index in [1.54, 1.807) is 38.5 Å². The lowest BCUT2D eigenvalue weighted by atomic mass is 9.85. The van der Waals surface area contributed by atoms with Gasteiger partial charge in [0.2, 0.25) is 17.7 Å². The average molecular weight is 1060 g/mol. The molecular weight excluding hydrogens is 993 g/mol. The Kier molecular flexibility index (Phi) is 16.9. The van der Waals surface area contributed by atoms with Gasteiger partial charge in [-0.2, -0.15) is 0 Å². The number of alkyl halides is 1. The number of amides is 4. The zero-order chi connectivity index (χ0) is 52.2. The number of ether oxygens (including phenoxy) is 1. The van der Waals surface area contributed by atoms with E-state index >= 15 is 0 Å². The summed E-state index contributed by atoms with van der Waals surface area (Å²) >= 11 is 9.67. The van der Waals surface area contributed by atoms with Gasteiger partial charge >= 0.3 is 0 Å². The van der Waals surface area contributed by atoms with Gasteiger partial charge in [-0.3, -0.25) is 19.2 Å². The molecule has 3 aliphatic heterocycles. The van der Waals surface area contributed by atoms with Crippen LogP contribution < -0.4 is 37.1 Å². The van der Waals surface area contributed by atoms with Crippen LogP contribution in [0.15, 0.2) is 58.0 Å². The van der Waals surface area contributed by atoms with Crippen LogP contribution in [0, 0.1) is 18.3 Å². The van der Waals surface area contributed by atoms with Gasteiger partial charge < -0.3 is 52.0 Å². The van der Waals surface area contributed by atoms with E-state index in [0.29, 0.717) is 45.2 Å². The molecule has 1 saturated carbocycles. The first-order valence-electron chi connectivity index (χ1n) is 25.2. The number of nitrogens with zero attached hydrogens (tertiary/aromatic N) is 6. The molecule has 0 bridgehead atoms. The Hall–Kier alpha value is -5.12. The zero-order valence-corrected chi connectivity index (χ0v) is 44.7. The summed E-state index contributed by atoms with van der Waals surface area (Å²) in [5.74, 6) is -0.0595. The topological polar surface area (TPSA) is 234 Å². The highest BCUT2D eigenvalue weighted by molar-refractivity contribution is 7.99. The fraction of sp³-hybridized carbons (Fsp3) is 0.558. The van der Waals surface area contributed by atoms with E-state index in [0.717, 1.165) is 92.3 Å². The molecule has 21 heteroatoms. The predicted molar refractivity (Wildman–Crippen MR) is 283 cm³/mol. The van der Waals surface area contributed by atoms with E-state index in [4.69, 9.17) is 27.8 Å². The number of piperidine rings is 2. The largest absolute Gasteiger partial charge is 0.493 e. The summed E-state index contributed by atoms with van der Waals surface area (Å²) in [6.45, 7) is 13.8. The molecule has 17 nitrogen and oxygen atoms in total. The second-order valence-electron chi connectivity index (χ2n) is 21.5. The molecule has 4 aliphatic rings. The number of β-amino-alcohol motifs (C(OH)–C–C–N with tert-alkyl or cyclic N) is 1. The summed E-state index contributed by atoms with van der Waals surface area (Å²) < 4.78 is 21.1. The summed E-state index contributed by atoms with van der Waals surface area (Å²) in [7, 11) is 0. The molecule has 8 N–H and O–H groups in total. The molecule has 0 spiro atoms. The molecule has 3 atom stereocenters. The molecule has 2 aromatic carbocycles. The van der Waals surface area contributed by atoms with Gasteiger partial charge in [0.05, 0.1) is 45.7 Å². The van der Waals surface area contributed by atoms with Gasteiger partial charge in [-0.1, -0.05) is 62.3 Å². The number of benzene rings is 2. The molecule has 3 saturated heterocycles. The van der Waals surface area contributed by atoms with Crippen molar-refractivity contribution in [2.75, 3.05) is 61.8 Å². The Morgan fingerprint density at radius 1 is 1.07 bits per heavy atom. The Morgan fingerprint density at radius 3 is 2.48 bits per heavy atom. The lowest BCUT2D eigenvalue weighted by Crippen LogP contribution is -2.59. The minimum Gasteiger partial charge on any atom is -0.493 e. The Bertz CT molecular complexity index is 2650. The van der Waals surface area contributed by atoms with Crippen molar-refractivity contribution in [3.05, 3.63) is 64.4 Å². The monoisotopic (exact) mass is 1060 g/mol. The quantitative estimate of drug-likeness (QED) is 0.0567. The van der Waals surface area contributed by atoms with Crippen LogP contribution in [0.2, 0.25) is 5.02 Å². The van der Waals surface area contributed by atoms with Gasteiger partial charge in [0.1, 0.15) is 28.7 Å². The molecule has 0 unspecified atom stereocenters. The van der Waals surface area contributed by atoms with Crippen molar-refractivity contribution >= 4 is 75.7 Å². The van der Waals surface area contributed by atoms with Crippen LogP contribution in [0.25, 0.3) is 10.4 Å². The summed E-state index contributed by atoms with van der Waals surface area (Å²) in [5.41, 5.74) is 14.6. The number of carbonyl (C=O) groups excluding carboxylic acids is 4. The van der Waals surface area contributed by atoms with Crippen molar-refractivity contribution < 1.29 is 33.4 Å². The number of nitrogens with one attached hydrogen (secondary N) is 3. The summed E-state index contributed by atoms with van der Waals surface area (Å²) in [5, 5.41) is 20.2. The van der Waals surface area contributed by atoms with E-state index in [2.05, 4.69) is 47.6 Å². The number of aliphatic hydroxyl groups is 1. The maximum absolute atomic E-state index is 14.7. The number of nitrogens with two attached hydrogens (primary N) is 2. The lowest BCUT2D eigenvalue weighted by molar-refractivity contribution is -0.145. The SMILES string of the molecule is Cc1ncsc1-c1ccc(CNC(=O)[C@@H]2C[C@@H](O)CN2C(=O)[C@@H](NC(=O)C2(F)CC2)C(C)(C)C)c(OCCCN2CCC(CC(=O)Nc3cccc(Sc4ncc(N5CCC(C)(N)CC5)nc4N)c3Cl)CC2)c1. The first kappa shape index (κ1) is 54.2. The zero-order valence-electron chi connectivity index (χ0n) is 42.3.